The molecule has 1 aliphatic heterocycles. The number of thioether (sulfide) groups is 1. The Balaban J connectivity index is 2.32. The molecule has 0 aromatic rings. The smallest absolute Gasteiger partial charge is 0.0117 e. The van der Waals surface area contributed by atoms with Gasteiger partial charge in [0.2, 0.25) is 0 Å². The van der Waals surface area contributed by atoms with Crippen LogP contribution >= 0.6 is 11.8 Å². The van der Waals surface area contributed by atoms with Gasteiger partial charge in [-0.3, -0.25) is 0 Å². The summed E-state index contributed by atoms with van der Waals surface area (Å²) < 4.78 is 0. The number of hydrogen-bond acceptors (Lipinski definition) is 3. The van der Waals surface area contributed by atoms with E-state index in [1.807, 2.05) is 11.8 Å². The molecule has 0 radical (unpaired) electrons. The Morgan fingerprint density at radius 3 is 2.81 bits per heavy atom. The van der Waals surface area contributed by atoms with Gasteiger partial charge in [-0.1, -0.05) is 13.8 Å². The molecule has 0 spiro atoms. The first-order valence-electron chi connectivity index (χ1n) is 6.65. The first kappa shape index (κ1) is 14.3. The lowest BCUT2D eigenvalue weighted by molar-refractivity contribution is 0.110. The molecule has 2 nitrogen and oxygen atoms in total. The van der Waals surface area contributed by atoms with Gasteiger partial charge < -0.3 is 10.2 Å². The van der Waals surface area contributed by atoms with Crippen molar-refractivity contribution in [2.24, 2.45) is 5.92 Å². The quantitative estimate of drug-likeness (QED) is 0.772. The average Bonchev–Trinajstić information content (AvgIpc) is 2.29. The molecule has 3 heteroatoms. The van der Waals surface area contributed by atoms with E-state index in [0.29, 0.717) is 0 Å². The van der Waals surface area contributed by atoms with Gasteiger partial charge in [-0.25, -0.2) is 0 Å². The molecule has 0 aromatic carbocycles. The molecule has 16 heavy (non-hydrogen) atoms. The molecular weight excluding hydrogens is 216 g/mol. The van der Waals surface area contributed by atoms with E-state index in [-0.39, 0.29) is 0 Å². The molecule has 3 atom stereocenters. The summed E-state index contributed by atoms with van der Waals surface area (Å²) in [5, 5.41) is 3.61. The molecule has 1 heterocycles. The van der Waals surface area contributed by atoms with Crippen LogP contribution in [0.5, 0.6) is 0 Å². The van der Waals surface area contributed by atoms with Crippen LogP contribution in [0, 0.1) is 5.92 Å². The number of likely N-dealkylation sites (tertiary alicyclic amines) is 1. The van der Waals surface area contributed by atoms with Gasteiger partial charge in [0.15, 0.2) is 0 Å². The third-order valence-electron chi connectivity index (χ3n) is 3.77. The molecule has 96 valence electrons. The highest BCUT2D eigenvalue weighted by Crippen LogP contribution is 2.20. The zero-order valence-electron chi connectivity index (χ0n) is 11.3. The zero-order chi connectivity index (χ0) is 12.0. The van der Waals surface area contributed by atoms with Crippen molar-refractivity contribution in [1.29, 1.82) is 0 Å². The highest BCUT2D eigenvalue weighted by Gasteiger charge is 2.27. The number of nitrogens with one attached hydrogen (secondary N) is 1. The number of hydrogen-bond donors (Lipinski definition) is 1. The summed E-state index contributed by atoms with van der Waals surface area (Å²) >= 11 is 1.96. The Labute approximate surface area is 106 Å². The maximum absolute atomic E-state index is 3.61. The van der Waals surface area contributed by atoms with Crippen molar-refractivity contribution < 1.29 is 0 Å². The molecule has 1 rings (SSSR count). The summed E-state index contributed by atoms with van der Waals surface area (Å²) in [5.41, 5.74) is 0. The topological polar surface area (TPSA) is 15.3 Å². The van der Waals surface area contributed by atoms with Crippen molar-refractivity contribution >= 4 is 11.8 Å². The third kappa shape index (κ3) is 4.27. The van der Waals surface area contributed by atoms with Crippen LogP contribution in [0.2, 0.25) is 0 Å². The van der Waals surface area contributed by atoms with E-state index < -0.39 is 0 Å². The van der Waals surface area contributed by atoms with E-state index in [4.69, 9.17) is 0 Å². The monoisotopic (exact) mass is 244 g/mol. The van der Waals surface area contributed by atoms with Crippen LogP contribution in [0.4, 0.5) is 0 Å². The van der Waals surface area contributed by atoms with Gasteiger partial charge in [-0.05, 0) is 50.8 Å². The Kier molecular flexibility index (Phi) is 6.78. The van der Waals surface area contributed by atoms with Gasteiger partial charge in [0.05, 0.1) is 0 Å². The van der Waals surface area contributed by atoms with Gasteiger partial charge in [-0.15, -0.1) is 0 Å². The lowest BCUT2D eigenvalue weighted by Crippen LogP contribution is -2.50. The van der Waals surface area contributed by atoms with Crippen molar-refractivity contribution in [1.82, 2.24) is 10.2 Å². The lowest BCUT2D eigenvalue weighted by Gasteiger charge is -2.40. The molecule has 0 aromatic heterocycles. The Morgan fingerprint density at radius 1 is 1.50 bits per heavy atom. The molecule has 3 unspecified atom stereocenters. The molecule has 0 saturated carbocycles. The first-order chi connectivity index (χ1) is 7.69. The summed E-state index contributed by atoms with van der Waals surface area (Å²) in [5.74, 6) is 2.09. The van der Waals surface area contributed by atoms with Crippen LogP contribution in [0.25, 0.3) is 0 Å². The second-order valence-electron chi connectivity index (χ2n) is 5.06. The van der Waals surface area contributed by atoms with Crippen LogP contribution in [0.1, 0.15) is 33.6 Å². The molecule has 0 bridgehead atoms. The van der Waals surface area contributed by atoms with Gasteiger partial charge in [0.1, 0.15) is 0 Å². The van der Waals surface area contributed by atoms with Gasteiger partial charge in [0.25, 0.3) is 0 Å². The highest BCUT2D eigenvalue weighted by atomic mass is 32.2. The minimum absolute atomic E-state index is 0.744. The van der Waals surface area contributed by atoms with Gasteiger partial charge in [-0.2, -0.15) is 11.8 Å². The van der Waals surface area contributed by atoms with Crippen molar-refractivity contribution in [3.63, 3.8) is 0 Å². The fourth-order valence-electron chi connectivity index (χ4n) is 2.61. The molecule has 1 aliphatic rings. The fraction of sp³-hybridized carbons (Fsp3) is 1.00. The Hall–Kier alpha value is 0.270. The van der Waals surface area contributed by atoms with Gasteiger partial charge >= 0.3 is 0 Å². The third-order valence-corrected chi connectivity index (χ3v) is 4.41. The highest BCUT2D eigenvalue weighted by molar-refractivity contribution is 7.98. The minimum Gasteiger partial charge on any atom is -0.314 e. The lowest BCUT2D eigenvalue weighted by atomic mass is 9.92. The van der Waals surface area contributed by atoms with Crippen molar-refractivity contribution in [3.8, 4) is 0 Å². The van der Waals surface area contributed by atoms with E-state index in [1.165, 1.54) is 31.7 Å². The Morgan fingerprint density at radius 2 is 2.25 bits per heavy atom. The number of nitrogens with zero attached hydrogens (tertiary/aromatic N) is 1. The maximum Gasteiger partial charge on any atom is 0.0117 e. The standard InChI is InChI=1S/C13H28N2S/c1-5-14-13-6-8-15(10-11(13)2)12(3)7-9-16-4/h11-14H,5-10H2,1-4H3. The summed E-state index contributed by atoms with van der Waals surface area (Å²) in [4.78, 5) is 2.68. The van der Waals surface area contributed by atoms with Crippen molar-refractivity contribution in [2.45, 2.75) is 45.7 Å². The average molecular weight is 244 g/mol. The predicted octanol–water partition coefficient (Wildman–Crippen LogP) is 2.45. The second-order valence-corrected chi connectivity index (χ2v) is 6.04. The van der Waals surface area contributed by atoms with Crippen molar-refractivity contribution in [3.05, 3.63) is 0 Å². The van der Waals surface area contributed by atoms with E-state index >= 15 is 0 Å². The molecular formula is C13H28N2S. The largest absolute Gasteiger partial charge is 0.314 e. The van der Waals surface area contributed by atoms with E-state index in [9.17, 15) is 0 Å². The SMILES string of the molecule is CCNC1CCN(C(C)CCSC)CC1C. The minimum atomic E-state index is 0.744. The second kappa shape index (κ2) is 7.57. The number of piperidine rings is 1. The zero-order valence-corrected chi connectivity index (χ0v) is 12.1. The van der Waals surface area contributed by atoms with E-state index in [1.54, 1.807) is 0 Å². The van der Waals surface area contributed by atoms with Crippen LogP contribution in [-0.2, 0) is 0 Å². The molecule has 0 amide bonds. The maximum atomic E-state index is 3.61. The molecule has 1 N–H and O–H groups in total. The summed E-state index contributed by atoms with van der Waals surface area (Å²) in [6.45, 7) is 10.6. The van der Waals surface area contributed by atoms with E-state index in [0.717, 1.165) is 24.5 Å². The van der Waals surface area contributed by atoms with Crippen LogP contribution in [0.15, 0.2) is 0 Å². The fourth-order valence-corrected chi connectivity index (χ4v) is 3.19. The number of rotatable bonds is 6. The van der Waals surface area contributed by atoms with E-state index in [2.05, 4.69) is 37.2 Å². The molecule has 1 saturated heterocycles. The van der Waals surface area contributed by atoms with Crippen LogP contribution < -0.4 is 5.32 Å². The first-order valence-corrected chi connectivity index (χ1v) is 8.04. The molecule has 1 fully saturated rings. The van der Waals surface area contributed by atoms with Crippen LogP contribution in [0.3, 0.4) is 0 Å². The van der Waals surface area contributed by atoms with Gasteiger partial charge in [0, 0.05) is 18.6 Å². The summed E-state index contributed by atoms with van der Waals surface area (Å²) in [6, 6.07) is 1.51. The predicted molar refractivity (Wildman–Crippen MR) is 75.3 cm³/mol. The van der Waals surface area contributed by atoms with Crippen LogP contribution in [-0.4, -0.2) is 48.6 Å². The Bertz CT molecular complexity index is 187. The summed E-state index contributed by atoms with van der Waals surface area (Å²) in [7, 11) is 0. The molecule has 0 aliphatic carbocycles. The normalized spacial score (nSPS) is 29.2. The van der Waals surface area contributed by atoms with Crippen molar-refractivity contribution in [2.75, 3.05) is 31.6 Å². The summed E-state index contributed by atoms with van der Waals surface area (Å²) in [6.07, 6.45) is 4.85.